The highest BCUT2D eigenvalue weighted by Crippen LogP contribution is 2.27. The van der Waals surface area contributed by atoms with Gasteiger partial charge >= 0.3 is 0 Å². The molecule has 2 heterocycles. The number of hydrogen-bond donors (Lipinski definition) is 1. The molecule has 1 amide bonds. The number of benzene rings is 2. The molecule has 144 valence electrons. The topological polar surface area (TPSA) is 72.2 Å². The summed E-state index contributed by atoms with van der Waals surface area (Å²) in [4.78, 5) is 13.2. The highest BCUT2D eigenvalue weighted by atomic mass is 32.2. The maximum Gasteiger partial charge on any atom is 0.250 e. The molecule has 0 aliphatic heterocycles. The third kappa shape index (κ3) is 4.79. The quantitative estimate of drug-likeness (QED) is 0.276. The molecule has 0 bridgehead atoms. The maximum atomic E-state index is 12.2. The number of para-hydroxylation sites is 1. The van der Waals surface area contributed by atoms with E-state index in [-0.39, 0.29) is 11.7 Å². The number of carbonyl (C=O) groups excluding carboxylic acids is 1. The van der Waals surface area contributed by atoms with Crippen molar-refractivity contribution in [2.24, 2.45) is 5.10 Å². The molecule has 0 atom stereocenters. The SMILES string of the molecule is O=C(CSc1nnc(-c2ccccc2)n1-c1ccccc1)N/N=C\c1cccs1. The fourth-order valence-corrected chi connectivity index (χ4v) is 3.97. The number of rotatable bonds is 7. The van der Waals surface area contributed by atoms with Gasteiger partial charge in [-0.2, -0.15) is 5.10 Å². The molecule has 0 aliphatic rings. The Hall–Kier alpha value is -3.23. The summed E-state index contributed by atoms with van der Waals surface area (Å²) in [6.07, 6.45) is 1.63. The fraction of sp³-hybridized carbons (Fsp3) is 0.0476. The molecule has 2 aromatic heterocycles. The second-order valence-corrected chi connectivity index (χ2v) is 7.86. The fourth-order valence-electron chi connectivity index (χ4n) is 2.64. The smallest absolute Gasteiger partial charge is 0.250 e. The van der Waals surface area contributed by atoms with Gasteiger partial charge in [0.2, 0.25) is 0 Å². The first-order chi connectivity index (χ1) is 14.3. The minimum Gasteiger partial charge on any atom is -0.272 e. The van der Waals surface area contributed by atoms with Gasteiger partial charge in [0, 0.05) is 16.1 Å². The molecule has 0 unspecified atom stereocenters. The number of carbonyl (C=O) groups is 1. The van der Waals surface area contributed by atoms with Crippen LogP contribution in [0.2, 0.25) is 0 Å². The van der Waals surface area contributed by atoms with Crippen LogP contribution in [0, 0.1) is 0 Å². The molecule has 2 aromatic carbocycles. The van der Waals surface area contributed by atoms with Crippen molar-refractivity contribution in [3.8, 4) is 17.1 Å². The van der Waals surface area contributed by atoms with Crippen LogP contribution in [-0.4, -0.2) is 32.6 Å². The Morgan fingerprint density at radius 3 is 2.52 bits per heavy atom. The molecule has 0 aliphatic carbocycles. The number of nitrogens with zero attached hydrogens (tertiary/aromatic N) is 4. The Morgan fingerprint density at radius 1 is 1.03 bits per heavy atom. The Labute approximate surface area is 176 Å². The van der Waals surface area contributed by atoms with Crippen LogP contribution in [0.25, 0.3) is 17.1 Å². The lowest BCUT2D eigenvalue weighted by molar-refractivity contribution is -0.118. The highest BCUT2D eigenvalue weighted by Gasteiger charge is 2.16. The zero-order valence-electron chi connectivity index (χ0n) is 15.3. The second kappa shape index (κ2) is 9.31. The number of thioether (sulfide) groups is 1. The summed E-state index contributed by atoms with van der Waals surface area (Å²) in [5.74, 6) is 0.712. The minimum absolute atomic E-state index is 0.182. The lowest BCUT2D eigenvalue weighted by atomic mass is 10.2. The molecule has 0 fully saturated rings. The number of amides is 1. The molecule has 6 nitrogen and oxygen atoms in total. The zero-order valence-corrected chi connectivity index (χ0v) is 16.9. The van der Waals surface area contributed by atoms with Crippen LogP contribution in [-0.2, 0) is 4.79 Å². The summed E-state index contributed by atoms with van der Waals surface area (Å²) in [5, 5.41) is 15.3. The third-order valence-electron chi connectivity index (χ3n) is 3.94. The van der Waals surface area contributed by atoms with Gasteiger partial charge in [-0.1, -0.05) is 66.4 Å². The van der Waals surface area contributed by atoms with Crippen molar-refractivity contribution in [2.45, 2.75) is 5.16 Å². The van der Waals surface area contributed by atoms with Crippen molar-refractivity contribution in [2.75, 3.05) is 5.75 Å². The summed E-state index contributed by atoms with van der Waals surface area (Å²) < 4.78 is 1.96. The van der Waals surface area contributed by atoms with Crippen molar-refractivity contribution < 1.29 is 4.79 Å². The van der Waals surface area contributed by atoms with Gasteiger partial charge in [-0.05, 0) is 23.6 Å². The number of thiophene rings is 1. The van der Waals surface area contributed by atoms with Crippen LogP contribution in [0.5, 0.6) is 0 Å². The standard InChI is InChI=1S/C21H17N5OS2/c27-19(23-22-14-18-12-7-13-28-18)15-29-21-25-24-20(16-8-3-1-4-9-16)26(21)17-10-5-2-6-11-17/h1-14H,15H2,(H,23,27)/b22-14-. The van der Waals surface area contributed by atoms with E-state index in [1.54, 1.807) is 17.6 Å². The Kier molecular flexibility index (Phi) is 6.13. The third-order valence-corrected chi connectivity index (χ3v) is 5.67. The lowest BCUT2D eigenvalue weighted by Gasteiger charge is -2.10. The Bertz CT molecular complexity index is 1090. The van der Waals surface area contributed by atoms with E-state index < -0.39 is 0 Å². The molecule has 4 aromatic rings. The first-order valence-electron chi connectivity index (χ1n) is 8.86. The van der Waals surface area contributed by atoms with Gasteiger partial charge in [-0.25, -0.2) is 5.43 Å². The van der Waals surface area contributed by atoms with Crippen LogP contribution >= 0.6 is 23.1 Å². The molecule has 1 N–H and O–H groups in total. The largest absolute Gasteiger partial charge is 0.272 e. The maximum absolute atomic E-state index is 12.2. The molecule has 0 saturated carbocycles. The lowest BCUT2D eigenvalue weighted by Crippen LogP contribution is -2.19. The summed E-state index contributed by atoms with van der Waals surface area (Å²) in [7, 11) is 0. The number of aromatic nitrogens is 3. The van der Waals surface area contributed by atoms with E-state index in [9.17, 15) is 4.79 Å². The average molecular weight is 420 g/mol. The van der Waals surface area contributed by atoms with Crippen LogP contribution < -0.4 is 5.43 Å². The molecule has 8 heteroatoms. The van der Waals surface area contributed by atoms with Gasteiger partial charge in [0.05, 0.1) is 12.0 Å². The van der Waals surface area contributed by atoms with Gasteiger partial charge < -0.3 is 0 Å². The van der Waals surface area contributed by atoms with Crippen molar-refractivity contribution in [1.82, 2.24) is 20.2 Å². The van der Waals surface area contributed by atoms with Gasteiger partial charge in [-0.3, -0.25) is 9.36 Å². The minimum atomic E-state index is -0.202. The predicted octanol–water partition coefficient (Wildman–Crippen LogP) is 4.24. The van der Waals surface area contributed by atoms with Crippen LogP contribution in [0.3, 0.4) is 0 Å². The highest BCUT2D eigenvalue weighted by molar-refractivity contribution is 7.99. The van der Waals surface area contributed by atoms with E-state index in [0.717, 1.165) is 22.0 Å². The molecular formula is C21H17N5OS2. The van der Waals surface area contributed by atoms with Crippen LogP contribution in [0.15, 0.2) is 88.4 Å². The van der Waals surface area contributed by atoms with Gasteiger partial charge in [0.25, 0.3) is 5.91 Å². The van der Waals surface area contributed by atoms with E-state index in [1.165, 1.54) is 11.8 Å². The molecular weight excluding hydrogens is 402 g/mol. The number of hydrogen-bond acceptors (Lipinski definition) is 6. The normalized spacial score (nSPS) is 11.0. The van der Waals surface area contributed by atoms with Crippen molar-refractivity contribution in [3.63, 3.8) is 0 Å². The summed E-state index contributed by atoms with van der Waals surface area (Å²) >= 11 is 2.88. The predicted molar refractivity (Wildman–Crippen MR) is 118 cm³/mol. The van der Waals surface area contributed by atoms with E-state index >= 15 is 0 Å². The summed E-state index contributed by atoms with van der Waals surface area (Å²) in [6.45, 7) is 0. The number of nitrogens with one attached hydrogen (secondary N) is 1. The second-order valence-electron chi connectivity index (χ2n) is 5.94. The molecule has 29 heavy (non-hydrogen) atoms. The summed E-state index contributed by atoms with van der Waals surface area (Å²) in [6, 6.07) is 23.6. The van der Waals surface area contributed by atoms with Crippen molar-refractivity contribution in [3.05, 3.63) is 83.1 Å². The van der Waals surface area contributed by atoms with Gasteiger partial charge in [-0.15, -0.1) is 21.5 Å². The monoisotopic (exact) mass is 419 g/mol. The number of hydrazone groups is 1. The first-order valence-corrected chi connectivity index (χ1v) is 10.7. The first kappa shape index (κ1) is 19.1. The Balaban J connectivity index is 1.51. The molecule has 4 rings (SSSR count). The van der Waals surface area contributed by atoms with Crippen LogP contribution in [0.1, 0.15) is 4.88 Å². The summed E-state index contributed by atoms with van der Waals surface area (Å²) in [5.41, 5.74) is 4.45. The molecule has 0 spiro atoms. The molecule has 0 radical (unpaired) electrons. The molecule has 0 saturated heterocycles. The van der Waals surface area contributed by atoms with E-state index in [2.05, 4.69) is 20.7 Å². The van der Waals surface area contributed by atoms with E-state index in [4.69, 9.17) is 0 Å². The van der Waals surface area contributed by atoms with Crippen molar-refractivity contribution >= 4 is 35.2 Å². The van der Waals surface area contributed by atoms with E-state index in [1.807, 2.05) is 82.7 Å². The zero-order chi connectivity index (χ0) is 19.9. The van der Waals surface area contributed by atoms with Crippen molar-refractivity contribution in [1.29, 1.82) is 0 Å². The van der Waals surface area contributed by atoms with Gasteiger partial charge in [0.15, 0.2) is 11.0 Å². The van der Waals surface area contributed by atoms with Gasteiger partial charge in [0.1, 0.15) is 0 Å². The Morgan fingerprint density at radius 2 is 1.79 bits per heavy atom. The van der Waals surface area contributed by atoms with Crippen LogP contribution in [0.4, 0.5) is 0 Å². The average Bonchev–Trinajstić information content (AvgIpc) is 3.43. The van der Waals surface area contributed by atoms with E-state index in [0.29, 0.717) is 5.16 Å².